The molecule has 1 N–H and O–H groups in total. The number of benzene rings is 1. The van der Waals surface area contributed by atoms with Crippen LogP contribution >= 0.6 is 0 Å². The van der Waals surface area contributed by atoms with Crippen LogP contribution in [0.3, 0.4) is 0 Å². The Morgan fingerprint density at radius 2 is 1.87 bits per heavy atom. The topological polar surface area (TPSA) is 86.0 Å². The van der Waals surface area contributed by atoms with Crippen molar-refractivity contribution >= 4 is 21.1 Å². The number of sulfonamides is 1. The minimum absolute atomic E-state index is 0.120. The van der Waals surface area contributed by atoms with Crippen molar-refractivity contribution in [2.24, 2.45) is 14.1 Å². The van der Waals surface area contributed by atoms with Gasteiger partial charge in [0.1, 0.15) is 0 Å². The fraction of sp³-hybridized carbons (Fsp3) is 0.200. The fourth-order valence-corrected chi connectivity index (χ4v) is 3.46. The zero-order chi connectivity index (χ0) is 16.6. The number of nitrogens with zero attached hydrogens (tertiary/aromatic N) is 3. The molecule has 0 fully saturated rings. The standard InChI is InChI=1S/C15H16N4O3S/c1-18-13-6-5-12(8-14(13)19(2)15(18)20)23(21,22)17-10-11-4-3-7-16-9-11/h3-9,17H,10H2,1-2H3. The Bertz CT molecular complexity index is 1020. The van der Waals surface area contributed by atoms with Crippen LogP contribution in [-0.2, 0) is 30.7 Å². The highest BCUT2D eigenvalue weighted by Gasteiger charge is 2.17. The van der Waals surface area contributed by atoms with E-state index in [1.165, 1.54) is 21.3 Å². The smallest absolute Gasteiger partial charge is 0.295 e. The summed E-state index contributed by atoms with van der Waals surface area (Å²) in [6.45, 7) is 0.155. The molecule has 0 unspecified atom stereocenters. The van der Waals surface area contributed by atoms with Crippen molar-refractivity contribution in [3.8, 4) is 0 Å². The van der Waals surface area contributed by atoms with Crippen LogP contribution < -0.4 is 10.4 Å². The van der Waals surface area contributed by atoms with E-state index in [2.05, 4.69) is 9.71 Å². The molecule has 2 aromatic heterocycles. The number of aryl methyl sites for hydroxylation is 2. The van der Waals surface area contributed by atoms with Crippen molar-refractivity contribution in [3.05, 3.63) is 58.8 Å². The molecule has 0 aliphatic carbocycles. The number of nitrogens with one attached hydrogen (secondary N) is 1. The number of fused-ring (bicyclic) bond motifs is 1. The Labute approximate surface area is 133 Å². The first kappa shape index (κ1) is 15.4. The summed E-state index contributed by atoms with van der Waals surface area (Å²) in [5.41, 5.74) is 1.83. The van der Waals surface area contributed by atoms with Gasteiger partial charge in [-0.2, -0.15) is 0 Å². The van der Waals surface area contributed by atoms with Crippen molar-refractivity contribution in [2.45, 2.75) is 11.4 Å². The monoisotopic (exact) mass is 332 g/mol. The molecule has 0 aliphatic heterocycles. The van der Waals surface area contributed by atoms with Crippen LogP contribution in [0.2, 0.25) is 0 Å². The highest BCUT2D eigenvalue weighted by Crippen LogP contribution is 2.17. The van der Waals surface area contributed by atoms with E-state index >= 15 is 0 Å². The van der Waals surface area contributed by atoms with Gasteiger partial charge in [0.05, 0.1) is 15.9 Å². The molecule has 0 saturated carbocycles. The van der Waals surface area contributed by atoms with Gasteiger partial charge < -0.3 is 0 Å². The zero-order valence-corrected chi connectivity index (χ0v) is 13.5. The van der Waals surface area contributed by atoms with Crippen LogP contribution in [-0.4, -0.2) is 22.5 Å². The van der Waals surface area contributed by atoms with Gasteiger partial charge in [0, 0.05) is 33.0 Å². The number of hydrogen-bond acceptors (Lipinski definition) is 4. The lowest BCUT2D eigenvalue weighted by molar-refractivity contribution is 0.581. The largest absolute Gasteiger partial charge is 0.328 e. The first-order valence-corrected chi connectivity index (χ1v) is 8.42. The second-order valence-corrected chi connectivity index (χ2v) is 7.00. The number of aromatic nitrogens is 3. The summed E-state index contributed by atoms with van der Waals surface area (Å²) in [6.07, 6.45) is 3.23. The lowest BCUT2D eigenvalue weighted by Crippen LogP contribution is -2.23. The Morgan fingerprint density at radius 1 is 1.13 bits per heavy atom. The van der Waals surface area contributed by atoms with E-state index in [4.69, 9.17) is 0 Å². The zero-order valence-electron chi connectivity index (χ0n) is 12.7. The molecule has 23 heavy (non-hydrogen) atoms. The number of imidazole rings is 1. The molecule has 7 nitrogen and oxygen atoms in total. The summed E-state index contributed by atoms with van der Waals surface area (Å²) >= 11 is 0. The average molecular weight is 332 g/mol. The van der Waals surface area contributed by atoms with E-state index < -0.39 is 10.0 Å². The van der Waals surface area contributed by atoms with E-state index in [0.717, 1.165) is 5.56 Å². The molecule has 0 bridgehead atoms. The van der Waals surface area contributed by atoms with Crippen LogP contribution in [0.1, 0.15) is 5.56 Å². The molecule has 0 radical (unpaired) electrons. The fourth-order valence-electron chi connectivity index (χ4n) is 2.42. The summed E-state index contributed by atoms with van der Waals surface area (Å²) < 4.78 is 30.3. The molecule has 0 aliphatic rings. The molecule has 3 rings (SSSR count). The van der Waals surface area contributed by atoms with Gasteiger partial charge in [-0.05, 0) is 29.8 Å². The van der Waals surface area contributed by atoms with E-state index in [1.54, 1.807) is 44.7 Å². The van der Waals surface area contributed by atoms with Crippen LogP contribution in [0.15, 0.2) is 52.4 Å². The molecule has 2 heterocycles. The lowest BCUT2D eigenvalue weighted by atomic mass is 10.3. The van der Waals surface area contributed by atoms with Crippen LogP contribution in [0.4, 0.5) is 0 Å². The molecule has 3 aromatic rings. The third kappa shape index (κ3) is 2.78. The van der Waals surface area contributed by atoms with Crippen LogP contribution in [0.25, 0.3) is 11.0 Å². The molecular formula is C15H16N4O3S. The third-order valence-electron chi connectivity index (χ3n) is 3.74. The Morgan fingerprint density at radius 3 is 2.57 bits per heavy atom. The molecular weight excluding hydrogens is 316 g/mol. The first-order valence-electron chi connectivity index (χ1n) is 6.94. The number of pyridine rings is 1. The van der Waals surface area contributed by atoms with Gasteiger partial charge in [0.15, 0.2) is 0 Å². The Balaban J connectivity index is 1.95. The maximum Gasteiger partial charge on any atom is 0.328 e. The predicted molar refractivity (Wildman–Crippen MR) is 86.4 cm³/mol. The third-order valence-corrected chi connectivity index (χ3v) is 5.14. The summed E-state index contributed by atoms with van der Waals surface area (Å²) in [5, 5.41) is 0. The maximum atomic E-state index is 12.4. The van der Waals surface area contributed by atoms with Crippen molar-refractivity contribution in [3.63, 3.8) is 0 Å². The van der Waals surface area contributed by atoms with Gasteiger partial charge in [0.25, 0.3) is 0 Å². The van der Waals surface area contributed by atoms with Crippen molar-refractivity contribution in [1.82, 2.24) is 18.8 Å². The highest BCUT2D eigenvalue weighted by atomic mass is 32.2. The summed E-state index contributed by atoms with van der Waals surface area (Å²) in [4.78, 5) is 16.0. The van der Waals surface area contributed by atoms with E-state index in [1.807, 2.05) is 0 Å². The van der Waals surface area contributed by atoms with Crippen molar-refractivity contribution in [1.29, 1.82) is 0 Å². The van der Waals surface area contributed by atoms with Gasteiger partial charge in [-0.3, -0.25) is 14.1 Å². The molecule has 120 valence electrons. The number of rotatable bonds is 4. The second-order valence-electron chi connectivity index (χ2n) is 5.24. The van der Waals surface area contributed by atoms with Crippen molar-refractivity contribution in [2.75, 3.05) is 0 Å². The summed E-state index contributed by atoms with van der Waals surface area (Å²) in [5.74, 6) is 0. The molecule has 0 amide bonds. The second kappa shape index (κ2) is 5.64. The SMILES string of the molecule is Cn1c(=O)n(C)c2cc(S(=O)(=O)NCc3cccnc3)ccc21. The molecule has 0 atom stereocenters. The highest BCUT2D eigenvalue weighted by molar-refractivity contribution is 7.89. The van der Waals surface area contributed by atoms with Crippen LogP contribution in [0, 0.1) is 0 Å². The average Bonchev–Trinajstić information content (AvgIpc) is 2.78. The predicted octanol–water partition coefficient (Wildman–Crippen LogP) is 0.750. The minimum Gasteiger partial charge on any atom is -0.295 e. The van der Waals surface area contributed by atoms with Gasteiger partial charge in [-0.25, -0.2) is 17.9 Å². The van der Waals surface area contributed by atoms with Gasteiger partial charge >= 0.3 is 5.69 Å². The summed E-state index contributed by atoms with van der Waals surface area (Å²) in [6, 6.07) is 8.17. The van der Waals surface area contributed by atoms with Crippen LogP contribution in [0.5, 0.6) is 0 Å². The quantitative estimate of drug-likeness (QED) is 0.764. The van der Waals surface area contributed by atoms with E-state index in [0.29, 0.717) is 11.0 Å². The van der Waals surface area contributed by atoms with E-state index in [-0.39, 0.29) is 17.1 Å². The van der Waals surface area contributed by atoms with Crippen molar-refractivity contribution < 1.29 is 8.42 Å². The van der Waals surface area contributed by atoms with Gasteiger partial charge in [0.2, 0.25) is 10.0 Å². The Hall–Kier alpha value is -2.45. The normalized spacial score (nSPS) is 11.9. The van der Waals surface area contributed by atoms with Gasteiger partial charge in [-0.15, -0.1) is 0 Å². The first-order chi connectivity index (χ1) is 10.9. The minimum atomic E-state index is -3.67. The van der Waals surface area contributed by atoms with Gasteiger partial charge in [-0.1, -0.05) is 6.07 Å². The van der Waals surface area contributed by atoms with E-state index in [9.17, 15) is 13.2 Å². The number of hydrogen-bond donors (Lipinski definition) is 1. The molecule has 8 heteroatoms. The Kier molecular flexibility index (Phi) is 3.78. The maximum absolute atomic E-state index is 12.4. The molecule has 1 aromatic carbocycles. The molecule has 0 spiro atoms. The molecule has 0 saturated heterocycles. The summed E-state index contributed by atoms with van der Waals surface area (Å²) in [7, 11) is -0.405. The lowest BCUT2D eigenvalue weighted by Gasteiger charge is -2.07.